The van der Waals surface area contributed by atoms with E-state index >= 15 is 0 Å². The van der Waals surface area contributed by atoms with Crippen LogP contribution in [0, 0.1) is 0 Å². The van der Waals surface area contributed by atoms with Crippen LogP contribution in [0.2, 0.25) is 0 Å². The lowest BCUT2D eigenvalue weighted by molar-refractivity contribution is -0.114. The zero-order valence-electron chi connectivity index (χ0n) is 20.2. The van der Waals surface area contributed by atoms with Crippen molar-refractivity contribution in [2.24, 2.45) is 0 Å². The summed E-state index contributed by atoms with van der Waals surface area (Å²) in [5.74, 6) is -0.602. The van der Waals surface area contributed by atoms with E-state index in [1.165, 1.54) is 0 Å². The number of hydrogen-bond acceptors (Lipinski definition) is 4. The van der Waals surface area contributed by atoms with Crippen molar-refractivity contribution in [3.05, 3.63) is 77.9 Å². The molecule has 0 bridgehead atoms. The standard InChI is InChI=1S/C27H29N3O4S/c1-17(2)19-13-14-24-22(15-19)20-9-6-8-12-25(20)35(33,34)30(24)16-26(31)29-23-11-7-5-10-21(23)27(32)28-18(3)4/h5-15,17-18H,16H2,1-4H3,(H,28,32)(H,29,31). The first-order valence-electron chi connectivity index (χ1n) is 11.6. The minimum atomic E-state index is -3.97. The Bertz CT molecular complexity index is 1400. The average Bonchev–Trinajstić information content (AvgIpc) is 2.81. The molecular weight excluding hydrogens is 462 g/mol. The topological polar surface area (TPSA) is 95.6 Å². The molecule has 1 aliphatic rings. The predicted octanol–water partition coefficient (Wildman–Crippen LogP) is 4.76. The summed E-state index contributed by atoms with van der Waals surface area (Å²) in [5, 5.41) is 5.54. The molecule has 8 heteroatoms. The Kier molecular flexibility index (Phi) is 6.67. The van der Waals surface area contributed by atoms with Crippen LogP contribution in [0.3, 0.4) is 0 Å². The minimum Gasteiger partial charge on any atom is -0.350 e. The summed E-state index contributed by atoms with van der Waals surface area (Å²) in [6.45, 7) is 7.42. The number of sulfonamides is 1. The van der Waals surface area contributed by atoms with Crippen LogP contribution in [0.15, 0.2) is 71.6 Å². The van der Waals surface area contributed by atoms with Gasteiger partial charge >= 0.3 is 0 Å². The van der Waals surface area contributed by atoms with E-state index in [1.807, 2.05) is 32.0 Å². The molecule has 1 aliphatic heterocycles. The second kappa shape index (κ2) is 9.54. The molecule has 4 rings (SSSR count). The lowest BCUT2D eigenvalue weighted by Gasteiger charge is -2.32. The van der Waals surface area contributed by atoms with Crippen LogP contribution in [0.1, 0.15) is 49.5 Å². The molecular formula is C27H29N3O4S. The van der Waals surface area contributed by atoms with Crippen LogP contribution in [0.4, 0.5) is 11.4 Å². The number of nitrogens with zero attached hydrogens (tertiary/aromatic N) is 1. The van der Waals surface area contributed by atoms with Gasteiger partial charge in [0.1, 0.15) is 6.54 Å². The van der Waals surface area contributed by atoms with Crippen LogP contribution < -0.4 is 14.9 Å². The Morgan fingerprint density at radius 3 is 2.29 bits per heavy atom. The second-order valence-electron chi connectivity index (χ2n) is 9.16. The Hall–Kier alpha value is -3.65. The van der Waals surface area contributed by atoms with Gasteiger partial charge in [-0.3, -0.25) is 13.9 Å². The first-order chi connectivity index (χ1) is 16.6. The molecule has 0 atom stereocenters. The van der Waals surface area contributed by atoms with Crippen molar-refractivity contribution in [1.29, 1.82) is 0 Å². The lowest BCUT2D eigenvalue weighted by atomic mass is 9.95. The molecule has 0 aliphatic carbocycles. The number of para-hydroxylation sites is 1. The van der Waals surface area contributed by atoms with Crippen LogP contribution in [-0.4, -0.2) is 32.8 Å². The highest BCUT2D eigenvalue weighted by atomic mass is 32.2. The van der Waals surface area contributed by atoms with Gasteiger partial charge in [-0.25, -0.2) is 8.42 Å². The summed E-state index contributed by atoms with van der Waals surface area (Å²) in [6, 6.07) is 19.1. The number of amides is 2. The molecule has 0 spiro atoms. The van der Waals surface area contributed by atoms with Gasteiger partial charge in [0.05, 0.1) is 21.8 Å². The minimum absolute atomic E-state index is 0.0722. The molecule has 7 nitrogen and oxygen atoms in total. The molecule has 2 amide bonds. The highest BCUT2D eigenvalue weighted by Crippen LogP contribution is 2.44. The Labute approximate surface area is 206 Å². The van der Waals surface area contributed by atoms with Crippen molar-refractivity contribution in [3.8, 4) is 11.1 Å². The van der Waals surface area contributed by atoms with E-state index in [2.05, 4.69) is 24.5 Å². The van der Waals surface area contributed by atoms with Crippen LogP contribution >= 0.6 is 0 Å². The Morgan fingerprint density at radius 2 is 1.57 bits per heavy atom. The van der Waals surface area contributed by atoms with Gasteiger partial charge in [0.2, 0.25) is 5.91 Å². The maximum Gasteiger partial charge on any atom is 0.265 e. The molecule has 0 radical (unpaired) electrons. The number of rotatable bonds is 6. The Morgan fingerprint density at radius 1 is 0.886 bits per heavy atom. The maximum absolute atomic E-state index is 13.6. The van der Waals surface area contributed by atoms with Crippen molar-refractivity contribution in [2.45, 2.75) is 44.6 Å². The summed E-state index contributed by atoms with van der Waals surface area (Å²) >= 11 is 0. The highest BCUT2D eigenvalue weighted by molar-refractivity contribution is 7.93. The number of nitrogens with one attached hydrogen (secondary N) is 2. The summed E-state index contributed by atoms with van der Waals surface area (Å²) in [5.41, 5.74) is 3.55. The van der Waals surface area contributed by atoms with Gasteiger partial charge in [-0.1, -0.05) is 50.2 Å². The maximum atomic E-state index is 13.6. The molecule has 1 heterocycles. The third kappa shape index (κ3) is 4.79. The quantitative estimate of drug-likeness (QED) is 0.520. The fraction of sp³-hybridized carbons (Fsp3) is 0.259. The van der Waals surface area contributed by atoms with Gasteiger partial charge < -0.3 is 10.6 Å². The third-order valence-electron chi connectivity index (χ3n) is 5.85. The van der Waals surface area contributed by atoms with Gasteiger partial charge in [-0.2, -0.15) is 0 Å². The van der Waals surface area contributed by atoms with Crippen LogP contribution in [-0.2, 0) is 14.8 Å². The summed E-state index contributed by atoms with van der Waals surface area (Å²) in [6.07, 6.45) is 0. The van der Waals surface area contributed by atoms with Gasteiger partial charge in [-0.15, -0.1) is 0 Å². The van der Waals surface area contributed by atoms with Crippen molar-refractivity contribution in [2.75, 3.05) is 16.2 Å². The van der Waals surface area contributed by atoms with Crippen molar-refractivity contribution < 1.29 is 18.0 Å². The van der Waals surface area contributed by atoms with E-state index in [0.717, 1.165) is 15.4 Å². The molecule has 0 unspecified atom stereocenters. The molecule has 3 aromatic carbocycles. The van der Waals surface area contributed by atoms with E-state index in [9.17, 15) is 18.0 Å². The van der Waals surface area contributed by atoms with E-state index in [-0.39, 0.29) is 22.8 Å². The zero-order chi connectivity index (χ0) is 25.3. The number of carbonyl (C=O) groups excluding carboxylic acids is 2. The SMILES string of the molecule is CC(C)NC(=O)c1ccccc1NC(=O)CN1c2ccc(C(C)C)cc2-c2ccccc2S1(=O)=O. The summed E-state index contributed by atoms with van der Waals surface area (Å²) in [4.78, 5) is 25.8. The molecule has 2 N–H and O–H groups in total. The smallest absolute Gasteiger partial charge is 0.265 e. The molecule has 3 aromatic rings. The van der Waals surface area contributed by atoms with Gasteiger partial charge in [-0.05, 0) is 55.7 Å². The molecule has 182 valence electrons. The number of hydrogen-bond donors (Lipinski definition) is 2. The van der Waals surface area contributed by atoms with Crippen molar-refractivity contribution >= 4 is 33.2 Å². The van der Waals surface area contributed by atoms with E-state index in [4.69, 9.17) is 0 Å². The number of anilines is 2. The Balaban J connectivity index is 1.69. The average molecular weight is 492 g/mol. The molecule has 0 aromatic heterocycles. The van der Waals surface area contributed by atoms with E-state index in [1.54, 1.807) is 48.5 Å². The van der Waals surface area contributed by atoms with E-state index < -0.39 is 22.5 Å². The monoisotopic (exact) mass is 491 g/mol. The van der Waals surface area contributed by atoms with Gasteiger partial charge in [0, 0.05) is 17.2 Å². The van der Waals surface area contributed by atoms with Crippen molar-refractivity contribution in [1.82, 2.24) is 5.32 Å². The second-order valence-corrected chi connectivity index (χ2v) is 11.0. The normalized spacial score (nSPS) is 13.8. The largest absolute Gasteiger partial charge is 0.350 e. The fourth-order valence-electron chi connectivity index (χ4n) is 4.13. The lowest BCUT2D eigenvalue weighted by Crippen LogP contribution is -2.40. The van der Waals surface area contributed by atoms with E-state index in [0.29, 0.717) is 22.5 Å². The first-order valence-corrected chi connectivity index (χ1v) is 13.0. The number of carbonyl (C=O) groups is 2. The van der Waals surface area contributed by atoms with Crippen molar-refractivity contribution in [3.63, 3.8) is 0 Å². The predicted molar refractivity (Wildman–Crippen MR) is 138 cm³/mol. The molecule has 35 heavy (non-hydrogen) atoms. The molecule has 0 saturated carbocycles. The zero-order valence-corrected chi connectivity index (χ0v) is 21.0. The van der Waals surface area contributed by atoms with Gasteiger partial charge in [0.15, 0.2) is 0 Å². The molecule has 0 fully saturated rings. The summed E-state index contributed by atoms with van der Waals surface area (Å²) in [7, 11) is -3.97. The first kappa shape index (κ1) is 24.5. The third-order valence-corrected chi connectivity index (χ3v) is 7.67. The number of benzene rings is 3. The van der Waals surface area contributed by atoms with Crippen LogP contribution in [0.25, 0.3) is 11.1 Å². The highest BCUT2D eigenvalue weighted by Gasteiger charge is 2.36. The molecule has 0 saturated heterocycles. The fourth-order valence-corrected chi connectivity index (χ4v) is 5.78. The summed E-state index contributed by atoms with van der Waals surface area (Å²) < 4.78 is 28.2. The number of fused-ring (bicyclic) bond motifs is 3. The van der Waals surface area contributed by atoms with Crippen LogP contribution in [0.5, 0.6) is 0 Å². The van der Waals surface area contributed by atoms with Gasteiger partial charge in [0.25, 0.3) is 15.9 Å².